The Morgan fingerprint density at radius 3 is 2.48 bits per heavy atom. The summed E-state index contributed by atoms with van der Waals surface area (Å²) in [5.74, 6) is 0.859. The van der Waals surface area contributed by atoms with Gasteiger partial charge in [-0.25, -0.2) is 0 Å². The van der Waals surface area contributed by atoms with Gasteiger partial charge in [0.2, 0.25) is 0 Å². The molecule has 4 heteroatoms. The van der Waals surface area contributed by atoms with Crippen LogP contribution in [0.1, 0.15) is 23.6 Å². The topological polar surface area (TPSA) is 21.3 Å². The molecule has 0 aliphatic heterocycles. The van der Waals surface area contributed by atoms with E-state index in [1.54, 1.807) is 0 Å². The van der Waals surface area contributed by atoms with E-state index in [9.17, 15) is 0 Å². The predicted molar refractivity (Wildman–Crippen MR) is 89.4 cm³/mol. The van der Waals surface area contributed by atoms with Gasteiger partial charge in [0.15, 0.2) is 0 Å². The monoisotopic (exact) mass is 323 g/mol. The molecule has 0 aliphatic rings. The molecule has 0 amide bonds. The first-order valence-electron chi connectivity index (χ1n) is 6.97. The summed E-state index contributed by atoms with van der Waals surface area (Å²) in [5, 5.41) is 4.58. The molecule has 2 rings (SSSR count). The molecule has 1 N–H and O–H groups in total. The fourth-order valence-corrected chi connectivity index (χ4v) is 2.57. The molecule has 0 unspecified atom stereocenters. The summed E-state index contributed by atoms with van der Waals surface area (Å²) in [5.41, 5.74) is 3.17. The summed E-state index contributed by atoms with van der Waals surface area (Å²) in [6.45, 7) is 6.22. The molecule has 2 nitrogen and oxygen atoms in total. The molecule has 21 heavy (non-hydrogen) atoms. The van der Waals surface area contributed by atoms with E-state index in [-0.39, 0.29) is 0 Å². The minimum atomic E-state index is 0.362. The number of aryl methyl sites for hydroxylation is 1. The predicted octanol–water partition coefficient (Wildman–Crippen LogP) is 4.99. The normalized spacial score (nSPS) is 10.7. The van der Waals surface area contributed by atoms with Gasteiger partial charge in [0.05, 0.1) is 0 Å². The molecule has 0 bridgehead atoms. The molecule has 0 spiro atoms. The summed E-state index contributed by atoms with van der Waals surface area (Å²) in [6, 6.07) is 11.6. The van der Waals surface area contributed by atoms with Gasteiger partial charge in [-0.05, 0) is 31.7 Å². The zero-order valence-corrected chi connectivity index (χ0v) is 13.8. The van der Waals surface area contributed by atoms with Crippen molar-refractivity contribution in [3.8, 4) is 5.75 Å². The van der Waals surface area contributed by atoms with Gasteiger partial charge in [-0.2, -0.15) is 0 Å². The SMILES string of the molecule is CCNCc1cc(C)ccc1OCc1c(Cl)cccc1Cl. The van der Waals surface area contributed by atoms with Crippen molar-refractivity contribution in [3.63, 3.8) is 0 Å². The smallest absolute Gasteiger partial charge is 0.124 e. The highest BCUT2D eigenvalue weighted by Crippen LogP contribution is 2.27. The highest BCUT2D eigenvalue weighted by molar-refractivity contribution is 6.35. The fourth-order valence-electron chi connectivity index (χ4n) is 2.07. The second-order valence-corrected chi connectivity index (χ2v) is 5.69. The molecule has 0 atom stereocenters. The summed E-state index contributed by atoms with van der Waals surface area (Å²) in [6.07, 6.45) is 0. The van der Waals surface area contributed by atoms with E-state index in [0.29, 0.717) is 16.7 Å². The van der Waals surface area contributed by atoms with Crippen molar-refractivity contribution in [2.45, 2.75) is 27.0 Å². The van der Waals surface area contributed by atoms with E-state index in [2.05, 4.69) is 25.2 Å². The zero-order chi connectivity index (χ0) is 15.2. The van der Waals surface area contributed by atoms with Crippen LogP contribution in [0.15, 0.2) is 36.4 Å². The van der Waals surface area contributed by atoms with E-state index >= 15 is 0 Å². The van der Waals surface area contributed by atoms with E-state index in [1.807, 2.05) is 30.3 Å². The largest absolute Gasteiger partial charge is 0.488 e. The Kier molecular flexibility index (Phi) is 5.92. The van der Waals surface area contributed by atoms with Crippen molar-refractivity contribution in [2.24, 2.45) is 0 Å². The molecule has 2 aromatic rings. The molecular formula is C17H19Cl2NO. The number of benzene rings is 2. The summed E-state index contributed by atoms with van der Waals surface area (Å²) < 4.78 is 5.93. The summed E-state index contributed by atoms with van der Waals surface area (Å²) >= 11 is 12.3. The van der Waals surface area contributed by atoms with Crippen LogP contribution in [0.3, 0.4) is 0 Å². The lowest BCUT2D eigenvalue weighted by molar-refractivity contribution is 0.302. The molecule has 0 saturated carbocycles. The van der Waals surface area contributed by atoms with Crippen LogP contribution in [-0.4, -0.2) is 6.54 Å². The van der Waals surface area contributed by atoms with Crippen molar-refractivity contribution >= 4 is 23.2 Å². The van der Waals surface area contributed by atoms with E-state index in [1.165, 1.54) is 5.56 Å². The molecular weight excluding hydrogens is 305 g/mol. The van der Waals surface area contributed by atoms with Gasteiger partial charge in [0.25, 0.3) is 0 Å². The van der Waals surface area contributed by atoms with Crippen LogP contribution >= 0.6 is 23.2 Å². The molecule has 0 aromatic heterocycles. The van der Waals surface area contributed by atoms with Crippen LogP contribution in [0.2, 0.25) is 10.0 Å². The molecule has 0 saturated heterocycles. The van der Waals surface area contributed by atoms with Crippen molar-refractivity contribution in [3.05, 3.63) is 63.1 Å². The van der Waals surface area contributed by atoms with E-state index in [0.717, 1.165) is 30.0 Å². The number of hydrogen-bond acceptors (Lipinski definition) is 2. The van der Waals surface area contributed by atoms with Gasteiger partial charge in [0, 0.05) is 27.7 Å². The summed E-state index contributed by atoms with van der Waals surface area (Å²) in [7, 11) is 0. The molecule has 0 fully saturated rings. The summed E-state index contributed by atoms with van der Waals surface area (Å²) in [4.78, 5) is 0. The maximum Gasteiger partial charge on any atom is 0.124 e. The highest BCUT2D eigenvalue weighted by atomic mass is 35.5. The first kappa shape index (κ1) is 16.2. The van der Waals surface area contributed by atoms with E-state index < -0.39 is 0 Å². The highest BCUT2D eigenvalue weighted by Gasteiger charge is 2.09. The number of rotatable bonds is 6. The Labute approximate surface area is 136 Å². The van der Waals surface area contributed by atoms with Crippen molar-refractivity contribution in [1.82, 2.24) is 5.32 Å². The van der Waals surface area contributed by atoms with Crippen molar-refractivity contribution in [2.75, 3.05) is 6.54 Å². The molecule has 112 valence electrons. The first-order chi connectivity index (χ1) is 10.1. The molecule has 0 heterocycles. The van der Waals surface area contributed by atoms with Crippen LogP contribution < -0.4 is 10.1 Å². The van der Waals surface area contributed by atoms with Crippen LogP contribution in [-0.2, 0) is 13.2 Å². The number of nitrogens with one attached hydrogen (secondary N) is 1. The third kappa shape index (κ3) is 4.37. The van der Waals surface area contributed by atoms with Gasteiger partial charge in [-0.15, -0.1) is 0 Å². The van der Waals surface area contributed by atoms with Gasteiger partial charge in [-0.3, -0.25) is 0 Å². The van der Waals surface area contributed by atoms with Crippen molar-refractivity contribution < 1.29 is 4.74 Å². The van der Waals surface area contributed by atoms with Crippen LogP contribution in [0.25, 0.3) is 0 Å². The Morgan fingerprint density at radius 1 is 1.10 bits per heavy atom. The zero-order valence-electron chi connectivity index (χ0n) is 12.2. The first-order valence-corrected chi connectivity index (χ1v) is 7.73. The maximum atomic E-state index is 6.17. The molecule has 0 radical (unpaired) electrons. The van der Waals surface area contributed by atoms with Crippen molar-refractivity contribution in [1.29, 1.82) is 0 Å². The Balaban J connectivity index is 2.16. The Bertz CT molecular complexity index is 593. The number of ether oxygens (including phenoxy) is 1. The quantitative estimate of drug-likeness (QED) is 0.808. The lowest BCUT2D eigenvalue weighted by Crippen LogP contribution is -2.13. The van der Waals surface area contributed by atoms with Crippen LogP contribution in [0.5, 0.6) is 5.75 Å². The fraction of sp³-hybridized carbons (Fsp3) is 0.294. The van der Waals surface area contributed by atoms with Gasteiger partial charge < -0.3 is 10.1 Å². The maximum absolute atomic E-state index is 6.17. The second-order valence-electron chi connectivity index (χ2n) is 4.88. The van der Waals surface area contributed by atoms with Gasteiger partial charge in [-0.1, -0.05) is 53.9 Å². The van der Waals surface area contributed by atoms with Gasteiger partial charge in [0.1, 0.15) is 12.4 Å². The van der Waals surface area contributed by atoms with Crippen LogP contribution in [0, 0.1) is 6.92 Å². The van der Waals surface area contributed by atoms with Gasteiger partial charge >= 0.3 is 0 Å². The number of halogens is 2. The minimum Gasteiger partial charge on any atom is -0.488 e. The van der Waals surface area contributed by atoms with Crippen LogP contribution in [0.4, 0.5) is 0 Å². The van der Waals surface area contributed by atoms with E-state index in [4.69, 9.17) is 27.9 Å². The number of hydrogen-bond donors (Lipinski definition) is 1. The lowest BCUT2D eigenvalue weighted by atomic mass is 10.1. The Hall–Kier alpha value is -1.22. The molecule has 2 aromatic carbocycles. The second kappa shape index (κ2) is 7.69. The standard InChI is InChI=1S/C17H19Cl2NO/c1-3-20-10-13-9-12(2)7-8-17(13)21-11-14-15(18)5-4-6-16(14)19/h4-9,20H,3,10-11H2,1-2H3. The average molecular weight is 324 g/mol. The minimum absolute atomic E-state index is 0.362. The molecule has 0 aliphatic carbocycles. The third-order valence-electron chi connectivity index (χ3n) is 3.22. The average Bonchev–Trinajstić information content (AvgIpc) is 2.46. The Morgan fingerprint density at radius 2 is 1.81 bits per heavy atom. The lowest BCUT2D eigenvalue weighted by Gasteiger charge is -2.14. The third-order valence-corrected chi connectivity index (χ3v) is 3.92.